The van der Waals surface area contributed by atoms with Crippen LogP contribution in [0.5, 0.6) is 5.75 Å². The van der Waals surface area contributed by atoms with E-state index in [0.29, 0.717) is 49.3 Å². The van der Waals surface area contributed by atoms with Crippen LogP contribution in [-0.2, 0) is 32.4 Å². The third-order valence-electron chi connectivity index (χ3n) is 8.65. The van der Waals surface area contributed by atoms with Gasteiger partial charge in [-0.3, -0.25) is 4.79 Å². The lowest BCUT2D eigenvalue weighted by molar-refractivity contribution is 0.0137. The number of aryl methyl sites for hydroxylation is 1. The highest BCUT2D eigenvalue weighted by Gasteiger charge is 2.37. The second-order valence-corrected chi connectivity index (χ2v) is 14.1. The number of fused-ring (bicyclic) bond motifs is 2. The molecule has 1 unspecified atom stereocenters. The number of hydrogen-bond acceptors (Lipinski definition) is 6. The van der Waals surface area contributed by atoms with Gasteiger partial charge in [0, 0.05) is 37.9 Å². The molecule has 0 aromatic heterocycles. The Hall–Kier alpha value is -2.69. The number of nitrogens with zero attached hydrogens (tertiary/aromatic N) is 2. The van der Waals surface area contributed by atoms with E-state index in [1.54, 1.807) is 32.4 Å². The van der Waals surface area contributed by atoms with E-state index in [4.69, 9.17) is 31.0 Å². The van der Waals surface area contributed by atoms with Gasteiger partial charge in [-0.1, -0.05) is 29.8 Å². The van der Waals surface area contributed by atoms with Crippen molar-refractivity contribution in [1.29, 1.82) is 0 Å². The van der Waals surface area contributed by atoms with Crippen LogP contribution >= 0.6 is 11.6 Å². The molecule has 1 saturated carbocycles. The van der Waals surface area contributed by atoms with Crippen LogP contribution in [0.2, 0.25) is 5.02 Å². The molecule has 10 heteroatoms. The van der Waals surface area contributed by atoms with Crippen molar-refractivity contribution in [3.8, 4) is 5.75 Å². The lowest BCUT2D eigenvalue weighted by atomic mass is 9.70. The van der Waals surface area contributed by atoms with Crippen LogP contribution in [0.3, 0.4) is 0 Å². The summed E-state index contributed by atoms with van der Waals surface area (Å²) < 4.78 is 34.5. The molecule has 2 N–H and O–H groups in total. The van der Waals surface area contributed by atoms with Gasteiger partial charge in [0.1, 0.15) is 15.7 Å². The number of anilines is 1. The quantitative estimate of drug-likeness (QED) is 0.261. The van der Waals surface area contributed by atoms with Crippen molar-refractivity contribution in [2.24, 2.45) is 27.3 Å². The van der Waals surface area contributed by atoms with Crippen molar-refractivity contribution < 1.29 is 23.2 Å². The number of hydrogen-bond donors (Lipinski definition) is 1. The molecule has 0 spiro atoms. The van der Waals surface area contributed by atoms with Gasteiger partial charge in [-0.15, -0.1) is 17.5 Å². The summed E-state index contributed by atoms with van der Waals surface area (Å²) in [4.78, 5) is 15.7. The predicted molar refractivity (Wildman–Crippen MR) is 179 cm³/mol. The van der Waals surface area contributed by atoms with Gasteiger partial charge in [0.25, 0.3) is 5.91 Å². The number of benzene rings is 2. The Labute approximate surface area is 267 Å². The van der Waals surface area contributed by atoms with Crippen molar-refractivity contribution in [2.45, 2.75) is 51.2 Å². The minimum absolute atomic E-state index is 0.0214. The summed E-state index contributed by atoms with van der Waals surface area (Å²) in [7, 11) is -0.00365. The lowest BCUT2D eigenvalue weighted by Crippen LogP contribution is -2.43. The molecule has 2 aromatic carbocycles. The predicted octanol–water partition coefficient (Wildman–Crippen LogP) is 6.61. The normalized spacial score (nSPS) is 21.1. The molecule has 5 atom stereocenters. The smallest absolute Gasteiger partial charge is 0.286 e. The van der Waals surface area contributed by atoms with Gasteiger partial charge < -0.3 is 19.1 Å². The minimum Gasteiger partial charge on any atom is -0.491 e. The Balaban J connectivity index is 1.73. The Morgan fingerprint density at radius 1 is 1.20 bits per heavy atom. The largest absolute Gasteiger partial charge is 0.491 e. The summed E-state index contributed by atoms with van der Waals surface area (Å²) >= 11 is 6.42. The van der Waals surface area contributed by atoms with Gasteiger partial charge in [0.05, 0.1) is 30.8 Å². The molecule has 0 radical (unpaired) electrons. The zero-order valence-electron chi connectivity index (χ0n) is 25.9. The number of amides is 1. The number of allylic oxidation sites excluding steroid dienone is 1. The monoisotopic (exact) mass is 643 g/mol. The first-order valence-corrected chi connectivity index (χ1v) is 17.4. The lowest BCUT2D eigenvalue weighted by Gasteiger charge is -2.43. The molecule has 240 valence electrons. The SMILES string of the molecule is C=CC[C@H](COC)CS(N)(=O)=NC(=O)c1ccc2c(c1)N(C[C@@H]1CC[C@H]1[C@H](C=C)OC)Cc1ccc(Cl)cc1CCCCO2. The number of nitrogens with two attached hydrogens (primary N) is 1. The fraction of sp³-hybridized carbons (Fsp3) is 0.500. The summed E-state index contributed by atoms with van der Waals surface area (Å²) in [5, 5.41) is 6.81. The summed E-state index contributed by atoms with van der Waals surface area (Å²) in [5.41, 5.74) is 3.49. The Morgan fingerprint density at radius 3 is 2.70 bits per heavy atom. The van der Waals surface area contributed by atoms with Gasteiger partial charge in [-0.05, 0) is 97.7 Å². The van der Waals surface area contributed by atoms with Crippen LogP contribution < -0.4 is 14.8 Å². The van der Waals surface area contributed by atoms with Crippen molar-refractivity contribution >= 4 is 33.1 Å². The molecule has 2 aliphatic rings. The van der Waals surface area contributed by atoms with E-state index >= 15 is 0 Å². The first kappa shape index (κ1) is 34.2. The first-order chi connectivity index (χ1) is 21.2. The maximum Gasteiger partial charge on any atom is 0.286 e. The molecule has 0 bridgehead atoms. The van der Waals surface area contributed by atoms with E-state index in [-0.39, 0.29) is 17.8 Å². The van der Waals surface area contributed by atoms with Crippen molar-refractivity contribution in [2.75, 3.05) is 44.6 Å². The van der Waals surface area contributed by atoms with Crippen LogP contribution in [0.1, 0.15) is 53.6 Å². The van der Waals surface area contributed by atoms with Gasteiger partial charge in [0.2, 0.25) is 0 Å². The number of methoxy groups -OCH3 is 2. The highest BCUT2D eigenvalue weighted by molar-refractivity contribution is 7.91. The van der Waals surface area contributed by atoms with E-state index in [1.165, 1.54) is 11.1 Å². The third-order valence-corrected chi connectivity index (χ3v) is 10.3. The van der Waals surface area contributed by atoms with Crippen molar-refractivity contribution in [3.63, 3.8) is 0 Å². The molecule has 1 aliphatic heterocycles. The molecule has 1 fully saturated rings. The Bertz CT molecular complexity index is 1440. The maximum atomic E-state index is 13.4. The van der Waals surface area contributed by atoms with Gasteiger partial charge in [0.15, 0.2) is 0 Å². The average molecular weight is 644 g/mol. The molecule has 44 heavy (non-hydrogen) atoms. The third kappa shape index (κ3) is 8.95. The molecule has 1 aliphatic carbocycles. The summed E-state index contributed by atoms with van der Waals surface area (Å²) in [6, 6.07) is 11.4. The average Bonchev–Trinajstić information content (AvgIpc) is 3.00. The fourth-order valence-corrected chi connectivity index (χ4v) is 7.82. The first-order valence-electron chi connectivity index (χ1n) is 15.3. The van der Waals surface area contributed by atoms with Crippen LogP contribution in [0, 0.1) is 17.8 Å². The van der Waals surface area contributed by atoms with E-state index in [9.17, 15) is 9.00 Å². The minimum atomic E-state index is -3.30. The molecule has 1 heterocycles. The van der Waals surface area contributed by atoms with Crippen molar-refractivity contribution in [3.05, 3.63) is 83.4 Å². The molecular weight excluding hydrogens is 598 g/mol. The highest BCUT2D eigenvalue weighted by atomic mass is 35.5. The number of rotatable bonds is 12. The Morgan fingerprint density at radius 2 is 2.02 bits per heavy atom. The second kappa shape index (κ2) is 16.0. The standard InChI is InChI=1S/C34H46ClN3O5S/c1-5-9-24(22-41-3)23-44(36,40)37-34(39)26-13-16-33-31(19-26)38(21-28-12-15-30(28)32(6-2)42-4)20-27-11-14-29(35)18-25(27)10-7-8-17-43-33/h5-6,11,13-14,16,18-19,24,28,30,32H,1-2,7-10,12,15,17,20-23H2,3-4H3,(H2,36,37,39,40)/t24-,28+,30-,32+,44?/m1/s1. The van der Waals surface area contributed by atoms with E-state index in [1.807, 2.05) is 18.2 Å². The van der Waals surface area contributed by atoms with Crippen molar-refractivity contribution in [1.82, 2.24) is 0 Å². The fourth-order valence-electron chi connectivity index (χ4n) is 6.26. The Kier molecular flexibility index (Phi) is 12.5. The number of halogens is 1. The molecular formula is C34H46ClN3O5S. The van der Waals surface area contributed by atoms with Gasteiger partial charge in [-0.25, -0.2) is 9.35 Å². The van der Waals surface area contributed by atoms with Crippen LogP contribution in [0.25, 0.3) is 0 Å². The maximum absolute atomic E-state index is 13.4. The summed E-state index contributed by atoms with van der Waals surface area (Å²) in [6.45, 7) is 9.98. The van der Waals surface area contributed by atoms with Crippen LogP contribution in [0.4, 0.5) is 5.69 Å². The van der Waals surface area contributed by atoms with E-state index in [2.05, 4.69) is 34.6 Å². The molecule has 4 rings (SSSR count). The number of carbonyl (C=O) groups excluding carboxylic acids is 1. The topological polar surface area (TPSA) is 103 Å². The van der Waals surface area contributed by atoms with Crippen LogP contribution in [-0.4, -0.2) is 56.0 Å². The summed E-state index contributed by atoms with van der Waals surface area (Å²) in [6.07, 6.45) is 9.02. The van der Waals surface area contributed by atoms with E-state index < -0.39 is 15.8 Å². The van der Waals surface area contributed by atoms with Gasteiger partial charge >= 0.3 is 0 Å². The second-order valence-electron chi connectivity index (χ2n) is 11.8. The number of carbonyl (C=O) groups is 1. The zero-order valence-corrected chi connectivity index (χ0v) is 27.5. The summed E-state index contributed by atoms with van der Waals surface area (Å²) in [5.74, 6) is 0.664. The van der Waals surface area contributed by atoms with E-state index in [0.717, 1.165) is 49.4 Å². The van der Waals surface area contributed by atoms with Gasteiger partial charge in [-0.2, -0.15) is 0 Å². The molecule has 1 amide bonds. The zero-order chi connectivity index (χ0) is 31.7. The highest BCUT2D eigenvalue weighted by Crippen LogP contribution is 2.42. The number of ether oxygens (including phenoxy) is 3. The molecule has 0 saturated heterocycles. The molecule has 8 nitrogen and oxygen atoms in total. The molecule has 2 aromatic rings. The van der Waals surface area contributed by atoms with Crippen LogP contribution in [0.15, 0.2) is 66.1 Å².